The number of aromatic nitrogens is 4. The van der Waals surface area contributed by atoms with E-state index in [2.05, 4.69) is 28.5 Å². The minimum Gasteiger partial charge on any atom is -0.318 e. The highest BCUT2D eigenvalue weighted by Crippen LogP contribution is 2.32. The first-order chi connectivity index (χ1) is 8.56. The van der Waals surface area contributed by atoms with Crippen molar-refractivity contribution in [1.29, 1.82) is 0 Å². The first-order valence-corrected chi connectivity index (χ1v) is 7.00. The maximum Gasteiger partial charge on any atom is 0.0867 e. The van der Waals surface area contributed by atoms with Crippen molar-refractivity contribution in [2.45, 2.75) is 39.3 Å². The van der Waals surface area contributed by atoms with Crippen molar-refractivity contribution in [3.05, 3.63) is 27.5 Å². The van der Waals surface area contributed by atoms with Gasteiger partial charge in [0, 0.05) is 6.54 Å². The van der Waals surface area contributed by atoms with Crippen LogP contribution in [0.5, 0.6) is 0 Å². The van der Waals surface area contributed by atoms with E-state index >= 15 is 0 Å². The van der Waals surface area contributed by atoms with Crippen LogP contribution in [0.25, 0.3) is 0 Å². The minimum absolute atomic E-state index is 0.293. The van der Waals surface area contributed by atoms with Crippen molar-refractivity contribution in [3.63, 3.8) is 0 Å². The predicted molar refractivity (Wildman–Crippen MR) is 72.9 cm³/mol. The van der Waals surface area contributed by atoms with Crippen LogP contribution in [0.2, 0.25) is 5.02 Å². The molecule has 0 spiro atoms. The van der Waals surface area contributed by atoms with E-state index in [0.29, 0.717) is 10.9 Å². The molecular formula is C11H16ClN5S. The molecule has 18 heavy (non-hydrogen) atoms. The summed E-state index contributed by atoms with van der Waals surface area (Å²) >= 11 is 7.49. The highest BCUT2D eigenvalue weighted by Gasteiger charge is 2.24. The van der Waals surface area contributed by atoms with Gasteiger partial charge in [0.2, 0.25) is 0 Å². The zero-order valence-corrected chi connectivity index (χ0v) is 12.2. The topological polar surface area (TPSA) is 69.6 Å². The van der Waals surface area contributed by atoms with Crippen LogP contribution in [0, 0.1) is 0 Å². The molecule has 0 aliphatic rings. The largest absolute Gasteiger partial charge is 0.318 e. The lowest BCUT2D eigenvalue weighted by molar-refractivity contribution is 0.600. The minimum atomic E-state index is -0.322. The lowest BCUT2D eigenvalue weighted by Gasteiger charge is -2.14. The van der Waals surface area contributed by atoms with Crippen LogP contribution in [-0.4, -0.2) is 19.4 Å². The summed E-state index contributed by atoms with van der Waals surface area (Å²) < 4.78 is 5.81. The number of aryl methyl sites for hydroxylation is 1. The van der Waals surface area contributed by atoms with Gasteiger partial charge in [-0.05, 0) is 24.4 Å². The fourth-order valence-corrected chi connectivity index (χ4v) is 2.95. The van der Waals surface area contributed by atoms with Crippen LogP contribution in [0.1, 0.15) is 49.0 Å². The zero-order valence-electron chi connectivity index (χ0n) is 10.6. The highest BCUT2D eigenvalue weighted by molar-refractivity contribution is 7.05. The number of rotatable bonds is 4. The lowest BCUT2D eigenvalue weighted by atomic mass is 10.0. The van der Waals surface area contributed by atoms with E-state index in [1.54, 1.807) is 6.20 Å². The lowest BCUT2D eigenvalue weighted by Crippen LogP contribution is -2.18. The molecule has 2 aromatic heterocycles. The van der Waals surface area contributed by atoms with Gasteiger partial charge in [0.1, 0.15) is 0 Å². The molecule has 2 N–H and O–H groups in total. The van der Waals surface area contributed by atoms with E-state index in [0.717, 1.165) is 22.8 Å². The van der Waals surface area contributed by atoms with Crippen LogP contribution < -0.4 is 5.73 Å². The molecule has 7 heteroatoms. The van der Waals surface area contributed by atoms with Gasteiger partial charge in [0.15, 0.2) is 0 Å². The molecule has 1 atom stereocenters. The fourth-order valence-electron chi connectivity index (χ4n) is 1.88. The third-order valence-corrected chi connectivity index (χ3v) is 3.91. The smallest absolute Gasteiger partial charge is 0.0867 e. The Hall–Kier alpha value is -0.980. The Balaban J connectivity index is 2.44. The van der Waals surface area contributed by atoms with Crippen LogP contribution in [-0.2, 0) is 6.54 Å². The summed E-state index contributed by atoms with van der Waals surface area (Å²) in [5.74, 6) is 0.293. The molecule has 0 fully saturated rings. The van der Waals surface area contributed by atoms with Gasteiger partial charge in [-0.15, -0.1) is 5.10 Å². The monoisotopic (exact) mass is 285 g/mol. The van der Waals surface area contributed by atoms with Crippen molar-refractivity contribution < 1.29 is 0 Å². The average Bonchev–Trinajstić information content (AvgIpc) is 2.94. The molecule has 0 saturated heterocycles. The molecule has 0 aliphatic carbocycles. The van der Waals surface area contributed by atoms with Gasteiger partial charge in [-0.2, -0.15) is 5.10 Å². The van der Waals surface area contributed by atoms with Crippen molar-refractivity contribution >= 4 is 23.1 Å². The van der Waals surface area contributed by atoms with E-state index in [9.17, 15) is 0 Å². The third kappa shape index (κ3) is 2.28. The first kappa shape index (κ1) is 13.5. The summed E-state index contributed by atoms with van der Waals surface area (Å²) in [6.07, 6.45) is 1.63. The van der Waals surface area contributed by atoms with Crippen molar-refractivity contribution in [3.8, 4) is 0 Å². The van der Waals surface area contributed by atoms with E-state index in [4.69, 9.17) is 17.3 Å². The molecule has 2 rings (SSSR count). The number of nitrogens with two attached hydrogens (primary N) is 1. The summed E-state index contributed by atoms with van der Waals surface area (Å²) in [4.78, 5) is 0.960. The SMILES string of the molecule is CCn1ncc(Cl)c1C(N)c1snnc1C(C)C. The van der Waals surface area contributed by atoms with Crippen molar-refractivity contribution in [2.24, 2.45) is 5.73 Å². The fraction of sp³-hybridized carbons (Fsp3) is 0.545. The Morgan fingerprint density at radius 2 is 2.22 bits per heavy atom. The molecule has 98 valence electrons. The van der Waals surface area contributed by atoms with Gasteiger partial charge in [-0.3, -0.25) is 4.68 Å². The molecule has 0 saturated carbocycles. The van der Waals surface area contributed by atoms with Crippen molar-refractivity contribution in [1.82, 2.24) is 19.4 Å². The molecule has 0 bridgehead atoms. The molecule has 0 amide bonds. The van der Waals surface area contributed by atoms with Gasteiger partial charge in [-0.1, -0.05) is 29.9 Å². The van der Waals surface area contributed by atoms with Crippen LogP contribution >= 0.6 is 23.1 Å². The Bertz CT molecular complexity index is 533. The predicted octanol–water partition coefficient (Wildman–Crippen LogP) is 2.58. The maximum absolute atomic E-state index is 6.31. The zero-order chi connectivity index (χ0) is 13.3. The molecule has 0 aromatic carbocycles. The first-order valence-electron chi connectivity index (χ1n) is 5.85. The highest BCUT2D eigenvalue weighted by atomic mass is 35.5. The Kier molecular flexibility index (Phi) is 3.99. The molecule has 2 aromatic rings. The second-order valence-corrected chi connectivity index (χ2v) is 5.54. The van der Waals surface area contributed by atoms with Crippen LogP contribution in [0.4, 0.5) is 0 Å². The summed E-state index contributed by atoms with van der Waals surface area (Å²) in [7, 11) is 0. The van der Waals surface area contributed by atoms with Gasteiger partial charge < -0.3 is 5.73 Å². The van der Waals surface area contributed by atoms with Gasteiger partial charge >= 0.3 is 0 Å². The molecule has 0 aliphatic heterocycles. The van der Waals surface area contributed by atoms with Gasteiger partial charge in [0.05, 0.1) is 33.5 Å². The second kappa shape index (κ2) is 5.34. The number of hydrogen-bond acceptors (Lipinski definition) is 5. The van der Waals surface area contributed by atoms with E-state index < -0.39 is 0 Å². The van der Waals surface area contributed by atoms with E-state index in [-0.39, 0.29) is 6.04 Å². The third-order valence-electron chi connectivity index (χ3n) is 2.80. The summed E-state index contributed by atoms with van der Waals surface area (Å²) in [6, 6.07) is -0.322. The summed E-state index contributed by atoms with van der Waals surface area (Å²) in [5, 5.41) is 8.95. The quantitative estimate of drug-likeness (QED) is 0.937. The standard InChI is InChI=1S/C11H16ClN5S/c1-4-17-10(7(12)5-14-17)8(13)11-9(6(2)3)15-16-18-11/h5-6,8H,4,13H2,1-3H3. The molecular weight excluding hydrogens is 270 g/mol. The van der Waals surface area contributed by atoms with Crippen molar-refractivity contribution in [2.75, 3.05) is 0 Å². The summed E-state index contributed by atoms with van der Waals surface area (Å²) in [5.41, 5.74) is 8.07. The Morgan fingerprint density at radius 1 is 1.50 bits per heavy atom. The average molecular weight is 286 g/mol. The van der Waals surface area contributed by atoms with Gasteiger partial charge in [0.25, 0.3) is 0 Å². The molecule has 5 nitrogen and oxygen atoms in total. The Morgan fingerprint density at radius 3 is 2.83 bits per heavy atom. The second-order valence-electron chi connectivity index (χ2n) is 4.35. The maximum atomic E-state index is 6.31. The van der Waals surface area contributed by atoms with E-state index in [1.165, 1.54) is 11.5 Å². The molecule has 2 heterocycles. The van der Waals surface area contributed by atoms with Gasteiger partial charge in [-0.25, -0.2) is 0 Å². The van der Waals surface area contributed by atoms with Crippen LogP contribution in [0.3, 0.4) is 0 Å². The molecule has 0 radical (unpaired) electrons. The number of halogens is 1. The van der Waals surface area contributed by atoms with Crippen LogP contribution in [0.15, 0.2) is 6.20 Å². The Labute approximate surface area is 115 Å². The van der Waals surface area contributed by atoms with E-state index in [1.807, 2.05) is 11.6 Å². The number of hydrogen-bond donors (Lipinski definition) is 1. The normalized spacial score (nSPS) is 13.2. The molecule has 1 unspecified atom stereocenters. The number of nitrogens with zero attached hydrogens (tertiary/aromatic N) is 4. The summed E-state index contributed by atoms with van der Waals surface area (Å²) in [6.45, 7) is 6.89.